The number of amides is 1. The Morgan fingerprint density at radius 1 is 1.02 bits per heavy atom. The third-order valence-corrected chi connectivity index (χ3v) is 6.56. The van der Waals surface area contributed by atoms with Crippen molar-refractivity contribution in [3.05, 3.63) is 84.2 Å². The van der Waals surface area contributed by atoms with Crippen LogP contribution in [0.1, 0.15) is 29.9 Å². The van der Waals surface area contributed by atoms with Crippen LogP contribution in [0.2, 0.25) is 0 Å². The van der Waals surface area contributed by atoms with Crippen LogP contribution >= 0.6 is 0 Å². The predicted octanol–water partition coefficient (Wildman–Crippen LogP) is 3.36. The lowest BCUT2D eigenvalue weighted by atomic mass is 9.91. The third-order valence-electron chi connectivity index (χ3n) is 6.56. The first-order chi connectivity index (χ1) is 20.4. The highest BCUT2D eigenvalue weighted by Gasteiger charge is 2.37. The number of benzene rings is 2. The van der Waals surface area contributed by atoms with E-state index in [-0.39, 0.29) is 36.3 Å². The fourth-order valence-corrected chi connectivity index (χ4v) is 4.55. The molecule has 2 heterocycles. The first-order valence-corrected chi connectivity index (χ1v) is 13.5. The Morgan fingerprint density at radius 2 is 1.74 bits per heavy atom. The minimum absolute atomic E-state index is 0.0521. The Kier molecular flexibility index (Phi) is 10.7. The molecular formula is C31H34N2O9. The number of esters is 2. The number of nitrogens with zero attached hydrogens (tertiary/aromatic N) is 1. The van der Waals surface area contributed by atoms with E-state index in [1.54, 1.807) is 6.92 Å². The summed E-state index contributed by atoms with van der Waals surface area (Å²) in [5.41, 5.74) is 0.912. The van der Waals surface area contributed by atoms with Gasteiger partial charge < -0.3 is 33.7 Å². The zero-order chi connectivity index (χ0) is 29.9. The molecular weight excluding hydrogens is 544 g/mol. The quantitative estimate of drug-likeness (QED) is 0.282. The van der Waals surface area contributed by atoms with E-state index in [9.17, 15) is 14.4 Å². The van der Waals surface area contributed by atoms with Crippen LogP contribution in [-0.4, -0.2) is 68.2 Å². The fourth-order valence-electron chi connectivity index (χ4n) is 4.55. The Morgan fingerprint density at radius 3 is 2.43 bits per heavy atom. The maximum atomic E-state index is 13.3. The van der Waals surface area contributed by atoms with E-state index < -0.39 is 42.9 Å². The fraction of sp³-hybridized carbons (Fsp3) is 0.355. The van der Waals surface area contributed by atoms with Gasteiger partial charge in [0.25, 0.3) is 5.91 Å². The van der Waals surface area contributed by atoms with Crippen LogP contribution < -0.4 is 19.5 Å². The van der Waals surface area contributed by atoms with Crippen molar-refractivity contribution >= 4 is 17.8 Å². The lowest BCUT2D eigenvalue weighted by molar-refractivity contribution is -0.156. The molecule has 1 fully saturated rings. The number of methoxy groups -OCH3 is 1. The molecule has 2 aromatic carbocycles. The van der Waals surface area contributed by atoms with Gasteiger partial charge in [0.1, 0.15) is 18.0 Å². The molecule has 3 aromatic rings. The van der Waals surface area contributed by atoms with Gasteiger partial charge in [0.15, 0.2) is 23.2 Å². The van der Waals surface area contributed by atoms with Crippen LogP contribution in [0.3, 0.4) is 0 Å². The molecule has 0 bridgehead atoms. The molecule has 4 rings (SSSR count). The standard InChI is InChI=1S/C31H34N2O9/c1-20-28(42-24-12-8-5-9-13-24)23(16-22-10-6-4-7-11-22)17-38-18-25(31(36)41-20)33-30(35)27-29(40-19-39-21(2)34)26(37-3)14-15-32-27/h4-15,20,23,25,28H,16-19H2,1-3H3,(H,33,35). The minimum atomic E-state index is -1.15. The molecule has 4 atom stereocenters. The van der Waals surface area contributed by atoms with Crippen molar-refractivity contribution in [1.82, 2.24) is 10.3 Å². The van der Waals surface area contributed by atoms with Gasteiger partial charge in [0, 0.05) is 25.1 Å². The number of aromatic nitrogens is 1. The average molecular weight is 579 g/mol. The molecule has 1 aliphatic heterocycles. The second-order valence-corrected chi connectivity index (χ2v) is 9.64. The first-order valence-electron chi connectivity index (χ1n) is 13.5. The van der Waals surface area contributed by atoms with Crippen LogP contribution in [0.4, 0.5) is 0 Å². The number of para-hydroxylation sites is 1. The normalized spacial score (nSPS) is 20.6. The van der Waals surface area contributed by atoms with Crippen molar-refractivity contribution in [2.75, 3.05) is 27.1 Å². The maximum absolute atomic E-state index is 13.3. The summed E-state index contributed by atoms with van der Waals surface area (Å²) in [4.78, 5) is 41.9. The highest BCUT2D eigenvalue weighted by atomic mass is 16.7. The second kappa shape index (κ2) is 14.8. The molecule has 1 N–H and O–H groups in total. The Bertz CT molecular complexity index is 1340. The van der Waals surface area contributed by atoms with Gasteiger partial charge in [0.05, 0.1) is 20.3 Å². The number of hydrogen-bond acceptors (Lipinski definition) is 10. The lowest BCUT2D eigenvalue weighted by Crippen LogP contribution is -2.47. The molecule has 0 saturated carbocycles. The van der Waals surface area contributed by atoms with E-state index in [2.05, 4.69) is 10.3 Å². The summed E-state index contributed by atoms with van der Waals surface area (Å²) in [5.74, 6) is -1.39. The van der Waals surface area contributed by atoms with E-state index >= 15 is 0 Å². The molecule has 1 aromatic heterocycles. The molecule has 1 amide bonds. The number of nitrogens with one attached hydrogen (secondary N) is 1. The van der Waals surface area contributed by atoms with Gasteiger partial charge in [0.2, 0.25) is 6.79 Å². The Labute approximate surface area is 244 Å². The van der Waals surface area contributed by atoms with Crippen LogP contribution in [0.15, 0.2) is 72.9 Å². The molecule has 1 aliphatic rings. The molecule has 1 saturated heterocycles. The molecule has 222 valence electrons. The molecule has 11 heteroatoms. The van der Waals surface area contributed by atoms with Crippen LogP contribution in [0.5, 0.6) is 17.2 Å². The van der Waals surface area contributed by atoms with Crippen LogP contribution in [-0.2, 0) is 30.2 Å². The molecule has 0 radical (unpaired) electrons. The Hall–Kier alpha value is -4.64. The summed E-state index contributed by atoms with van der Waals surface area (Å²) in [6, 6.07) is 19.6. The predicted molar refractivity (Wildman–Crippen MR) is 150 cm³/mol. The summed E-state index contributed by atoms with van der Waals surface area (Å²) in [7, 11) is 1.39. The van der Waals surface area contributed by atoms with Crippen LogP contribution in [0, 0.1) is 5.92 Å². The third kappa shape index (κ3) is 8.20. The zero-order valence-electron chi connectivity index (χ0n) is 23.7. The van der Waals surface area contributed by atoms with E-state index in [4.69, 9.17) is 28.4 Å². The van der Waals surface area contributed by atoms with Gasteiger partial charge in [-0.2, -0.15) is 0 Å². The first kappa shape index (κ1) is 30.3. The topological polar surface area (TPSA) is 132 Å². The molecule has 4 unspecified atom stereocenters. The van der Waals surface area contributed by atoms with Gasteiger partial charge in [-0.05, 0) is 31.0 Å². The van der Waals surface area contributed by atoms with Crippen molar-refractivity contribution in [1.29, 1.82) is 0 Å². The van der Waals surface area contributed by atoms with Crippen molar-refractivity contribution in [2.24, 2.45) is 5.92 Å². The van der Waals surface area contributed by atoms with E-state index in [0.717, 1.165) is 5.56 Å². The van der Waals surface area contributed by atoms with Gasteiger partial charge in [-0.1, -0.05) is 48.5 Å². The van der Waals surface area contributed by atoms with Crippen molar-refractivity contribution in [2.45, 2.75) is 38.5 Å². The summed E-state index contributed by atoms with van der Waals surface area (Å²) in [6.07, 6.45) is 0.762. The molecule has 11 nitrogen and oxygen atoms in total. The number of pyridine rings is 1. The highest BCUT2D eigenvalue weighted by molar-refractivity contribution is 5.98. The monoisotopic (exact) mass is 578 g/mol. The number of carbonyl (C=O) groups is 3. The highest BCUT2D eigenvalue weighted by Crippen LogP contribution is 2.30. The average Bonchev–Trinajstić information content (AvgIpc) is 3.03. The second-order valence-electron chi connectivity index (χ2n) is 9.64. The number of hydrogen-bond donors (Lipinski definition) is 1. The maximum Gasteiger partial charge on any atom is 0.331 e. The van der Waals surface area contributed by atoms with Gasteiger partial charge in [-0.25, -0.2) is 9.78 Å². The van der Waals surface area contributed by atoms with Gasteiger partial charge >= 0.3 is 11.9 Å². The largest absolute Gasteiger partial charge is 0.493 e. The summed E-state index contributed by atoms with van der Waals surface area (Å²) >= 11 is 0. The van der Waals surface area contributed by atoms with Gasteiger partial charge in [-0.3, -0.25) is 9.59 Å². The number of rotatable bonds is 10. The molecule has 0 spiro atoms. The number of cyclic esters (lactones) is 1. The van der Waals surface area contributed by atoms with E-state index in [0.29, 0.717) is 12.2 Å². The summed E-state index contributed by atoms with van der Waals surface area (Å²) < 4.78 is 33.8. The summed E-state index contributed by atoms with van der Waals surface area (Å²) in [5, 5.41) is 2.64. The summed E-state index contributed by atoms with van der Waals surface area (Å²) in [6.45, 7) is 2.62. The van der Waals surface area contributed by atoms with Crippen molar-refractivity contribution in [3.8, 4) is 17.2 Å². The number of ether oxygens (including phenoxy) is 6. The van der Waals surface area contributed by atoms with Crippen LogP contribution in [0.25, 0.3) is 0 Å². The van der Waals surface area contributed by atoms with Crippen molar-refractivity contribution < 1.29 is 42.8 Å². The van der Waals surface area contributed by atoms with E-state index in [1.165, 1.54) is 26.3 Å². The van der Waals surface area contributed by atoms with Crippen molar-refractivity contribution in [3.63, 3.8) is 0 Å². The Balaban J connectivity index is 1.54. The lowest BCUT2D eigenvalue weighted by Gasteiger charge is -2.31. The smallest absolute Gasteiger partial charge is 0.331 e. The number of carbonyl (C=O) groups excluding carboxylic acids is 3. The molecule has 42 heavy (non-hydrogen) atoms. The van der Waals surface area contributed by atoms with E-state index in [1.807, 2.05) is 60.7 Å². The SMILES string of the molecule is COc1ccnc(C(=O)NC2COCC(Cc3ccccc3)C(Oc3ccccc3)C(C)OC2=O)c1OCOC(C)=O. The van der Waals surface area contributed by atoms with Gasteiger partial charge in [-0.15, -0.1) is 0 Å². The zero-order valence-corrected chi connectivity index (χ0v) is 23.7. The minimum Gasteiger partial charge on any atom is -0.493 e. The molecule has 0 aliphatic carbocycles.